The average Bonchev–Trinajstić information content (AvgIpc) is 2.74. The first-order chi connectivity index (χ1) is 7.18. The number of hydrogen-bond donors (Lipinski definition) is 2. The van der Waals surface area contributed by atoms with E-state index in [1.54, 1.807) is 12.3 Å². The molecule has 1 saturated heterocycles. The molecule has 2 atom stereocenters. The van der Waals surface area contributed by atoms with Gasteiger partial charge in [-0.15, -0.1) is 0 Å². The Morgan fingerprint density at radius 1 is 1.67 bits per heavy atom. The largest absolute Gasteiger partial charge is 0.383 e. The number of hydrogen-bond acceptors (Lipinski definition) is 3. The molecule has 0 amide bonds. The highest BCUT2D eigenvalue weighted by atomic mass is 19.1. The van der Waals surface area contributed by atoms with Crippen molar-refractivity contribution in [1.29, 1.82) is 0 Å². The average molecular weight is 209 g/mol. The molecular weight excluding hydrogens is 193 g/mol. The Hall–Kier alpha value is -1.16. The van der Waals surface area contributed by atoms with E-state index in [9.17, 15) is 4.39 Å². The molecule has 0 spiro atoms. The summed E-state index contributed by atoms with van der Waals surface area (Å²) in [5, 5.41) is 3.14. The fourth-order valence-electron chi connectivity index (χ4n) is 2.00. The van der Waals surface area contributed by atoms with Crippen LogP contribution in [0.1, 0.15) is 30.1 Å². The van der Waals surface area contributed by atoms with Gasteiger partial charge < -0.3 is 11.1 Å². The second-order valence-corrected chi connectivity index (χ2v) is 4.09. The number of nitrogens with zero attached hydrogens (tertiary/aromatic N) is 1. The van der Waals surface area contributed by atoms with Crippen molar-refractivity contribution < 1.29 is 4.39 Å². The van der Waals surface area contributed by atoms with Gasteiger partial charge in [0.1, 0.15) is 12.0 Å². The SMILES string of the molecule is Cc1cnc(N)c(C(F)C2CCCN2)c1. The van der Waals surface area contributed by atoms with Crippen LogP contribution >= 0.6 is 0 Å². The van der Waals surface area contributed by atoms with Gasteiger partial charge in [0.05, 0.1) is 0 Å². The van der Waals surface area contributed by atoms with E-state index in [0.29, 0.717) is 11.4 Å². The van der Waals surface area contributed by atoms with Gasteiger partial charge in [0.2, 0.25) is 0 Å². The molecule has 1 fully saturated rings. The van der Waals surface area contributed by atoms with E-state index in [0.717, 1.165) is 24.9 Å². The van der Waals surface area contributed by atoms with Crippen LogP contribution in [0.15, 0.2) is 12.3 Å². The first kappa shape index (κ1) is 10.4. The van der Waals surface area contributed by atoms with Crippen LogP contribution in [0.25, 0.3) is 0 Å². The smallest absolute Gasteiger partial charge is 0.144 e. The second-order valence-electron chi connectivity index (χ2n) is 4.09. The van der Waals surface area contributed by atoms with Crippen molar-refractivity contribution in [3.63, 3.8) is 0 Å². The van der Waals surface area contributed by atoms with Crippen molar-refractivity contribution in [2.24, 2.45) is 0 Å². The maximum atomic E-state index is 14.1. The number of nitrogens with one attached hydrogen (secondary N) is 1. The maximum absolute atomic E-state index is 14.1. The van der Waals surface area contributed by atoms with Crippen molar-refractivity contribution in [2.75, 3.05) is 12.3 Å². The zero-order valence-electron chi connectivity index (χ0n) is 8.83. The Morgan fingerprint density at radius 3 is 3.13 bits per heavy atom. The van der Waals surface area contributed by atoms with Gasteiger partial charge in [-0.1, -0.05) is 0 Å². The lowest BCUT2D eigenvalue weighted by Crippen LogP contribution is -2.27. The second kappa shape index (κ2) is 4.14. The van der Waals surface area contributed by atoms with Crippen LogP contribution < -0.4 is 11.1 Å². The van der Waals surface area contributed by atoms with E-state index in [4.69, 9.17) is 5.73 Å². The summed E-state index contributed by atoms with van der Waals surface area (Å²) in [5.74, 6) is 0.307. The van der Waals surface area contributed by atoms with Crippen LogP contribution in [-0.4, -0.2) is 17.6 Å². The van der Waals surface area contributed by atoms with E-state index >= 15 is 0 Å². The van der Waals surface area contributed by atoms with E-state index in [1.807, 2.05) is 6.92 Å². The summed E-state index contributed by atoms with van der Waals surface area (Å²) in [6.45, 7) is 2.79. The zero-order chi connectivity index (χ0) is 10.8. The molecular formula is C11H16FN3. The summed E-state index contributed by atoms with van der Waals surface area (Å²) in [5.41, 5.74) is 7.15. The summed E-state index contributed by atoms with van der Waals surface area (Å²) in [6.07, 6.45) is 2.52. The van der Waals surface area contributed by atoms with Crippen LogP contribution in [0.4, 0.5) is 10.2 Å². The Bertz CT molecular complexity index is 348. The van der Waals surface area contributed by atoms with E-state index in [1.165, 1.54) is 0 Å². The summed E-state index contributed by atoms with van der Waals surface area (Å²) >= 11 is 0. The number of rotatable bonds is 2. The van der Waals surface area contributed by atoms with Gasteiger partial charge in [-0.3, -0.25) is 0 Å². The van der Waals surface area contributed by atoms with E-state index < -0.39 is 6.17 Å². The van der Waals surface area contributed by atoms with Crippen molar-refractivity contribution in [3.8, 4) is 0 Å². The lowest BCUT2D eigenvalue weighted by atomic mass is 10.0. The van der Waals surface area contributed by atoms with Crippen LogP contribution in [0.2, 0.25) is 0 Å². The zero-order valence-corrected chi connectivity index (χ0v) is 8.83. The third kappa shape index (κ3) is 2.09. The number of aryl methyl sites for hydroxylation is 1. The van der Waals surface area contributed by atoms with Crippen LogP contribution in [0.5, 0.6) is 0 Å². The standard InChI is InChI=1S/C11H16FN3/c1-7-5-8(11(13)15-6-7)10(12)9-3-2-4-14-9/h5-6,9-10,14H,2-4H2,1H3,(H2,13,15). The third-order valence-corrected chi connectivity index (χ3v) is 2.84. The Labute approximate surface area is 88.9 Å². The molecule has 2 rings (SSSR count). The summed E-state index contributed by atoms with van der Waals surface area (Å²) < 4.78 is 14.1. The van der Waals surface area contributed by atoms with Gasteiger partial charge in [-0.2, -0.15) is 0 Å². The first-order valence-electron chi connectivity index (χ1n) is 5.28. The molecule has 3 nitrogen and oxygen atoms in total. The number of nitrogens with two attached hydrogens (primary N) is 1. The lowest BCUT2D eigenvalue weighted by Gasteiger charge is -2.17. The summed E-state index contributed by atoms with van der Waals surface area (Å²) in [4.78, 5) is 3.98. The molecule has 3 N–H and O–H groups in total. The van der Waals surface area contributed by atoms with E-state index in [-0.39, 0.29) is 6.04 Å². The molecule has 0 saturated carbocycles. The Morgan fingerprint density at radius 2 is 2.47 bits per heavy atom. The molecule has 1 aliphatic heterocycles. The minimum Gasteiger partial charge on any atom is -0.383 e. The van der Waals surface area contributed by atoms with E-state index in [2.05, 4.69) is 10.3 Å². The highest BCUT2D eigenvalue weighted by Gasteiger charge is 2.27. The fourth-order valence-corrected chi connectivity index (χ4v) is 2.00. The summed E-state index contributed by atoms with van der Waals surface area (Å²) in [7, 11) is 0. The molecule has 0 aliphatic carbocycles. The van der Waals surface area contributed by atoms with Gasteiger partial charge >= 0.3 is 0 Å². The van der Waals surface area contributed by atoms with Gasteiger partial charge in [-0.05, 0) is 37.9 Å². The molecule has 82 valence electrons. The molecule has 1 aromatic rings. The van der Waals surface area contributed by atoms with Crippen molar-refractivity contribution in [3.05, 3.63) is 23.4 Å². The Balaban J connectivity index is 2.23. The molecule has 15 heavy (non-hydrogen) atoms. The van der Waals surface area contributed by atoms with Crippen molar-refractivity contribution >= 4 is 5.82 Å². The number of aromatic nitrogens is 1. The molecule has 0 bridgehead atoms. The van der Waals surface area contributed by atoms with Crippen molar-refractivity contribution in [1.82, 2.24) is 10.3 Å². The maximum Gasteiger partial charge on any atom is 0.144 e. The van der Waals surface area contributed by atoms with Crippen LogP contribution in [0.3, 0.4) is 0 Å². The number of halogens is 1. The predicted octanol–water partition coefficient (Wildman–Crippen LogP) is 1.73. The third-order valence-electron chi connectivity index (χ3n) is 2.84. The molecule has 1 aromatic heterocycles. The van der Waals surface area contributed by atoms with Gasteiger partial charge in [0.25, 0.3) is 0 Å². The topological polar surface area (TPSA) is 50.9 Å². The molecule has 1 aliphatic rings. The lowest BCUT2D eigenvalue weighted by molar-refractivity contribution is 0.271. The molecule has 0 radical (unpaired) electrons. The highest BCUT2D eigenvalue weighted by Crippen LogP contribution is 2.29. The van der Waals surface area contributed by atoms with Gasteiger partial charge in [0.15, 0.2) is 0 Å². The van der Waals surface area contributed by atoms with Crippen molar-refractivity contribution in [2.45, 2.75) is 32.0 Å². The number of nitrogen functional groups attached to an aromatic ring is 1. The first-order valence-corrected chi connectivity index (χ1v) is 5.28. The normalized spacial score (nSPS) is 22.9. The number of alkyl halides is 1. The molecule has 4 heteroatoms. The highest BCUT2D eigenvalue weighted by molar-refractivity contribution is 5.43. The van der Waals surface area contributed by atoms with Crippen LogP contribution in [-0.2, 0) is 0 Å². The van der Waals surface area contributed by atoms with Gasteiger partial charge in [0, 0.05) is 17.8 Å². The predicted molar refractivity (Wildman–Crippen MR) is 58.3 cm³/mol. The minimum atomic E-state index is -1.04. The number of pyridine rings is 1. The minimum absolute atomic E-state index is 0.101. The quantitative estimate of drug-likeness (QED) is 0.780. The summed E-state index contributed by atoms with van der Waals surface area (Å²) in [6, 6.07) is 1.68. The Kier molecular flexibility index (Phi) is 2.86. The monoisotopic (exact) mass is 209 g/mol. The fraction of sp³-hybridized carbons (Fsp3) is 0.545. The molecule has 0 aromatic carbocycles. The van der Waals surface area contributed by atoms with Gasteiger partial charge in [-0.25, -0.2) is 9.37 Å². The number of anilines is 1. The molecule has 2 unspecified atom stereocenters. The molecule has 2 heterocycles. The van der Waals surface area contributed by atoms with Crippen LogP contribution in [0, 0.1) is 6.92 Å².